The molecule has 0 amide bonds. The van der Waals surface area contributed by atoms with Crippen LogP contribution in [0.2, 0.25) is 0 Å². The second-order valence-electron chi connectivity index (χ2n) is 7.94. The van der Waals surface area contributed by atoms with Gasteiger partial charge in [0, 0.05) is 35.7 Å². The number of hydrogen-bond donors (Lipinski definition) is 2. The summed E-state index contributed by atoms with van der Waals surface area (Å²) in [5.74, 6) is 2.05. The summed E-state index contributed by atoms with van der Waals surface area (Å²) in [6, 6.07) is 0. The number of aliphatic imine (C=N–C) groups is 1. The maximum Gasteiger partial charge on any atom is 0.209 e. The molecule has 8 heteroatoms. The van der Waals surface area contributed by atoms with Gasteiger partial charge in [0.15, 0.2) is 5.96 Å². The average molecular weight is 391 g/mol. The highest BCUT2D eigenvalue weighted by Gasteiger charge is 2.38. The molecule has 146 valence electrons. The summed E-state index contributed by atoms with van der Waals surface area (Å²) in [6.45, 7) is 9.09. The first-order chi connectivity index (χ1) is 11.6. The van der Waals surface area contributed by atoms with Gasteiger partial charge in [-0.2, -0.15) is 11.8 Å². The number of thioether (sulfide) groups is 1. The number of hydrogen-bond acceptors (Lipinski definition) is 4. The van der Waals surface area contributed by atoms with E-state index in [1.54, 1.807) is 0 Å². The van der Waals surface area contributed by atoms with Gasteiger partial charge in [0.05, 0.1) is 12.8 Å². The Morgan fingerprint density at radius 3 is 2.56 bits per heavy atom. The van der Waals surface area contributed by atoms with Crippen LogP contribution in [0.1, 0.15) is 52.9 Å². The Hall–Kier alpha value is -0.470. The Morgan fingerprint density at radius 2 is 1.96 bits per heavy atom. The van der Waals surface area contributed by atoms with E-state index < -0.39 is 15.6 Å². The SMILES string of the molecule is CCNC(=NCC(C)(C)NS(C)(=O)=O)N1CCSC2(CCCCC2)C1. The zero-order chi connectivity index (χ0) is 18.6. The molecule has 0 aromatic heterocycles. The maximum atomic E-state index is 11.5. The third-order valence-electron chi connectivity index (χ3n) is 4.73. The van der Waals surface area contributed by atoms with Crippen molar-refractivity contribution in [2.75, 3.05) is 38.2 Å². The van der Waals surface area contributed by atoms with Crippen LogP contribution in [0.4, 0.5) is 0 Å². The van der Waals surface area contributed by atoms with Crippen molar-refractivity contribution in [3.8, 4) is 0 Å². The van der Waals surface area contributed by atoms with E-state index in [1.165, 1.54) is 38.4 Å². The van der Waals surface area contributed by atoms with Gasteiger partial charge in [-0.3, -0.25) is 4.99 Å². The van der Waals surface area contributed by atoms with Gasteiger partial charge in [-0.05, 0) is 33.6 Å². The lowest BCUT2D eigenvalue weighted by atomic mass is 9.87. The van der Waals surface area contributed by atoms with E-state index in [9.17, 15) is 8.42 Å². The molecule has 1 aliphatic carbocycles. The van der Waals surface area contributed by atoms with Crippen LogP contribution >= 0.6 is 11.8 Å². The van der Waals surface area contributed by atoms with Crippen LogP contribution < -0.4 is 10.0 Å². The minimum atomic E-state index is -3.25. The van der Waals surface area contributed by atoms with E-state index in [2.05, 4.69) is 33.6 Å². The standard InChI is InChI=1S/C17H34N4O2S2/c1-5-18-15(19-13-16(2,3)20-25(4,22)23)21-11-12-24-17(14-21)9-7-6-8-10-17/h20H,5-14H2,1-4H3,(H,18,19). The summed E-state index contributed by atoms with van der Waals surface area (Å²) >= 11 is 2.14. The summed E-state index contributed by atoms with van der Waals surface area (Å²) in [4.78, 5) is 7.14. The molecule has 0 atom stereocenters. The van der Waals surface area contributed by atoms with Crippen LogP contribution in [-0.2, 0) is 10.0 Å². The van der Waals surface area contributed by atoms with Crippen LogP contribution in [0.5, 0.6) is 0 Å². The van der Waals surface area contributed by atoms with Gasteiger partial charge in [0.2, 0.25) is 10.0 Å². The number of guanidine groups is 1. The molecular weight excluding hydrogens is 356 g/mol. The molecule has 2 N–H and O–H groups in total. The highest BCUT2D eigenvalue weighted by molar-refractivity contribution is 8.00. The fourth-order valence-corrected chi connectivity index (χ4v) is 6.39. The quantitative estimate of drug-likeness (QED) is 0.555. The molecule has 2 rings (SSSR count). The van der Waals surface area contributed by atoms with Crippen molar-refractivity contribution in [1.82, 2.24) is 14.9 Å². The molecule has 1 aliphatic heterocycles. The molecule has 0 aromatic rings. The molecule has 1 spiro atoms. The third-order valence-corrected chi connectivity index (χ3v) is 7.19. The summed E-state index contributed by atoms with van der Waals surface area (Å²) in [7, 11) is -3.25. The summed E-state index contributed by atoms with van der Waals surface area (Å²) < 4.78 is 26.1. The summed E-state index contributed by atoms with van der Waals surface area (Å²) in [6.07, 6.45) is 7.82. The number of nitrogens with zero attached hydrogens (tertiary/aromatic N) is 2. The van der Waals surface area contributed by atoms with E-state index in [1.807, 2.05) is 13.8 Å². The highest BCUT2D eigenvalue weighted by Crippen LogP contribution is 2.42. The van der Waals surface area contributed by atoms with E-state index in [4.69, 9.17) is 4.99 Å². The molecule has 2 aliphatic rings. The van der Waals surface area contributed by atoms with Crippen molar-refractivity contribution in [2.24, 2.45) is 4.99 Å². The topological polar surface area (TPSA) is 73.8 Å². The zero-order valence-corrected chi connectivity index (χ0v) is 17.7. The van der Waals surface area contributed by atoms with Crippen molar-refractivity contribution in [3.63, 3.8) is 0 Å². The van der Waals surface area contributed by atoms with Gasteiger partial charge in [-0.1, -0.05) is 19.3 Å². The zero-order valence-electron chi connectivity index (χ0n) is 16.1. The Labute approximate surface area is 157 Å². The normalized spacial score (nSPS) is 22.2. The van der Waals surface area contributed by atoms with Crippen molar-refractivity contribution in [1.29, 1.82) is 0 Å². The smallest absolute Gasteiger partial charge is 0.209 e. The lowest BCUT2D eigenvalue weighted by Gasteiger charge is -2.45. The van der Waals surface area contributed by atoms with Crippen LogP contribution in [0.3, 0.4) is 0 Å². The number of sulfonamides is 1. The first kappa shape index (κ1) is 20.8. The van der Waals surface area contributed by atoms with Crippen LogP contribution in [-0.4, -0.2) is 67.8 Å². The van der Waals surface area contributed by atoms with Crippen LogP contribution in [0, 0.1) is 0 Å². The predicted octanol–water partition coefficient (Wildman–Crippen LogP) is 2.03. The molecule has 0 radical (unpaired) electrons. The van der Waals surface area contributed by atoms with Gasteiger partial charge in [0.25, 0.3) is 0 Å². The fourth-order valence-electron chi connectivity index (χ4n) is 3.76. The third kappa shape index (κ3) is 6.64. The molecule has 6 nitrogen and oxygen atoms in total. The fraction of sp³-hybridized carbons (Fsp3) is 0.941. The molecular formula is C17H34N4O2S2. The minimum Gasteiger partial charge on any atom is -0.357 e. The molecule has 0 aromatic carbocycles. The second kappa shape index (κ2) is 8.48. The van der Waals surface area contributed by atoms with E-state index in [-0.39, 0.29) is 0 Å². The predicted molar refractivity (Wildman–Crippen MR) is 108 cm³/mol. The number of rotatable bonds is 5. The number of nitrogens with one attached hydrogen (secondary N) is 2. The van der Waals surface area contributed by atoms with E-state index in [0.29, 0.717) is 11.3 Å². The van der Waals surface area contributed by atoms with Gasteiger partial charge in [0.1, 0.15) is 0 Å². The maximum absolute atomic E-state index is 11.5. The highest BCUT2D eigenvalue weighted by atomic mass is 32.2. The molecule has 1 heterocycles. The summed E-state index contributed by atoms with van der Waals surface area (Å²) in [5, 5.41) is 3.40. The summed E-state index contributed by atoms with van der Waals surface area (Å²) in [5.41, 5.74) is -0.596. The van der Waals surface area contributed by atoms with Gasteiger partial charge >= 0.3 is 0 Å². The lowest BCUT2D eigenvalue weighted by Crippen LogP contribution is -2.54. The molecule has 25 heavy (non-hydrogen) atoms. The van der Waals surface area contributed by atoms with Crippen LogP contribution in [0.15, 0.2) is 4.99 Å². The second-order valence-corrected chi connectivity index (χ2v) is 11.3. The first-order valence-electron chi connectivity index (χ1n) is 9.31. The minimum absolute atomic E-state index is 0.382. The molecule has 0 unspecified atom stereocenters. The van der Waals surface area contributed by atoms with Crippen molar-refractivity contribution < 1.29 is 8.42 Å². The molecule has 1 saturated heterocycles. The Morgan fingerprint density at radius 1 is 1.28 bits per heavy atom. The van der Waals surface area contributed by atoms with Crippen molar-refractivity contribution >= 4 is 27.7 Å². The molecule has 0 bridgehead atoms. The Bertz CT molecular complexity index is 564. The monoisotopic (exact) mass is 390 g/mol. The van der Waals surface area contributed by atoms with Crippen molar-refractivity contribution in [3.05, 3.63) is 0 Å². The first-order valence-corrected chi connectivity index (χ1v) is 12.2. The molecule has 1 saturated carbocycles. The average Bonchev–Trinajstić information content (AvgIpc) is 2.50. The largest absolute Gasteiger partial charge is 0.357 e. The van der Waals surface area contributed by atoms with Crippen LogP contribution in [0.25, 0.3) is 0 Å². The van der Waals surface area contributed by atoms with E-state index >= 15 is 0 Å². The molecule has 2 fully saturated rings. The van der Waals surface area contributed by atoms with Crippen molar-refractivity contribution in [2.45, 2.75) is 63.2 Å². The lowest BCUT2D eigenvalue weighted by molar-refractivity contribution is 0.292. The Balaban J connectivity index is 2.08. The Kier molecular flexibility index (Phi) is 7.07. The van der Waals surface area contributed by atoms with E-state index in [0.717, 1.165) is 31.3 Å². The van der Waals surface area contributed by atoms with Gasteiger partial charge < -0.3 is 10.2 Å². The van der Waals surface area contributed by atoms with Gasteiger partial charge in [-0.25, -0.2) is 13.1 Å². The van der Waals surface area contributed by atoms with Gasteiger partial charge in [-0.15, -0.1) is 0 Å².